The van der Waals surface area contributed by atoms with Crippen molar-refractivity contribution in [2.24, 2.45) is 5.92 Å². The predicted octanol–water partition coefficient (Wildman–Crippen LogP) is 0.354. The average Bonchev–Trinajstić information content (AvgIpc) is 2.83. The third-order valence-corrected chi connectivity index (χ3v) is 2.50. The highest BCUT2D eigenvalue weighted by atomic mass is 16.5. The maximum absolute atomic E-state index is 5.08. The third kappa shape index (κ3) is 2.08. The highest BCUT2D eigenvalue weighted by molar-refractivity contribution is 5.39. The molecule has 1 aliphatic carbocycles. The van der Waals surface area contributed by atoms with E-state index in [-0.39, 0.29) is 0 Å². The van der Waals surface area contributed by atoms with E-state index in [1.54, 1.807) is 0 Å². The summed E-state index contributed by atoms with van der Waals surface area (Å²) in [7, 11) is 0. The van der Waals surface area contributed by atoms with Crippen LogP contribution in [-0.2, 0) is 6.54 Å². The second kappa shape index (κ2) is 4.01. The van der Waals surface area contributed by atoms with Gasteiger partial charge in [0.25, 0.3) is 0 Å². The summed E-state index contributed by atoms with van der Waals surface area (Å²) >= 11 is 0. The van der Waals surface area contributed by atoms with Crippen molar-refractivity contribution < 1.29 is 4.52 Å². The second-order valence-corrected chi connectivity index (χ2v) is 3.92. The number of H-pyrrole nitrogens is 1. The summed E-state index contributed by atoms with van der Waals surface area (Å²) in [6.45, 7) is 1.64. The van der Waals surface area contributed by atoms with Gasteiger partial charge in [0.1, 0.15) is 6.33 Å². The lowest BCUT2D eigenvalue weighted by Crippen LogP contribution is -2.16. The molecular weight excluding hydrogens is 208 g/mol. The van der Waals surface area contributed by atoms with E-state index in [9.17, 15) is 0 Å². The predicted molar refractivity (Wildman–Crippen MR) is 54.1 cm³/mol. The SMILES string of the molecule is c1n[nH]c(-c2noc(CNCC3CC3)n2)n1. The van der Waals surface area contributed by atoms with Crippen LogP contribution >= 0.6 is 0 Å². The maximum Gasteiger partial charge on any atom is 0.241 e. The monoisotopic (exact) mass is 220 g/mol. The Morgan fingerprint density at radius 1 is 1.50 bits per heavy atom. The Hall–Kier alpha value is -1.76. The lowest BCUT2D eigenvalue weighted by Gasteiger charge is -1.96. The molecule has 2 aromatic rings. The van der Waals surface area contributed by atoms with Crippen LogP contribution in [-0.4, -0.2) is 31.9 Å². The Labute approximate surface area is 91.7 Å². The van der Waals surface area contributed by atoms with Crippen molar-refractivity contribution in [2.45, 2.75) is 19.4 Å². The van der Waals surface area contributed by atoms with E-state index in [1.165, 1.54) is 19.2 Å². The zero-order valence-electron chi connectivity index (χ0n) is 8.68. The minimum absolute atomic E-state index is 0.445. The summed E-state index contributed by atoms with van der Waals surface area (Å²) in [5.74, 6) is 2.39. The van der Waals surface area contributed by atoms with E-state index in [4.69, 9.17) is 4.52 Å². The molecule has 1 aliphatic rings. The molecule has 0 radical (unpaired) electrons. The van der Waals surface area contributed by atoms with Crippen molar-refractivity contribution in [1.29, 1.82) is 0 Å². The first kappa shape index (κ1) is 9.46. The number of aromatic nitrogens is 5. The van der Waals surface area contributed by atoms with Crippen LogP contribution in [0.15, 0.2) is 10.9 Å². The molecule has 2 N–H and O–H groups in total. The lowest BCUT2D eigenvalue weighted by molar-refractivity contribution is 0.366. The molecule has 0 bridgehead atoms. The van der Waals surface area contributed by atoms with Gasteiger partial charge >= 0.3 is 0 Å². The van der Waals surface area contributed by atoms with Gasteiger partial charge < -0.3 is 9.84 Å². The Morgan fingerprint density at radius 3 is 3.19 bits per heavy atom. The third-order valence-electron chi connectivity index (χ3n) is 2.50. The smallest absolute Gasteiger partial charge is 0.241 e. The molecule has 0 amide bonds. The van der Waals surface area contributed by atoms with Gasteiger partial charge in [-0.2, -0.15) is 10.1 Å². The molecule has 16 heavy (non-hydrogen) atoms. The molecule has 0 aliphatic heterocycles. The Morgan fingerprint density at radius 2 is 2.44 bits per heavy atom. The van der Waals surface area contributed by atoms with Gasteiger partial charge in [0.15, 0.2) is 5.82 Å². The van der Waals surface area contributed by atoms with E-state index < -0.39 is 0 Å². The first-order chi connectivity index (χ1) is 7.92. The summed E-state index contributed by atoms with van der Waals surface area (Å²) < 4.78 is 5.08. The molecule has 2 heterocycles. The summed E-state index contributed by atoms with van der Waals surface area (Å²) in [5, 5.41) is 13.5. The quantitative estimate of drug-likeness (QED) is 0.755. The normalized spacial score (nSPS) is 15.5. The molecule has 84 valence electrons. The lowest BCUT2D eigenvalue weighted by atomic mass is 10.4. The fourth-order valence-electron chi connectivity index (χ4n) is 1.44. The standard InChI is InChI=1S/C9H12N6O/c1-2-6(1)3-10-4-7-13-9(15-16-7)8-11-5-12-14-8/h5-6,10H,1-4H2,(H,11,12,14). The molecule has 0 saturated heterocycles. The van der Waals surface area contributed by atoms with Gasteiger partial charge in [0.05, 0.1) is 6.54 Å². The van der Waals surface area contributed by atoms with Crippen molar-refractivity contribution in [2.75, 3.05) is 6.54 Å². The first-order valence-electron chi connectivity index (χ1n) is 5.31. The number of aromatic amines is 1. The fourth-order valence-corrected chi connectivity index (χ4v) is 1.44. The minimum Gasteiger partial charge on any atom is -0.337 e. The van der Waals surface area contributed by atoms with Gasteiger partial charge in [-0.3, -0.25) is 5.10 Å². The van der Waals surface area contributed by atoms with Crippen LogP contribution in [0, 0.1) is 5.92 Å². The second-order valence-electron chi connectivity index (χ2n) is 3.92. The van der Waals surface area contributed by atoms with E-state index in [0.717, 1.165) is 12.5 Å². The summed E-state index contributed by atoms with van der Waals surface area (Å²) in [6.07, 6.45) is 4.08. The topological polar surface area (TPSA) is 92.5 Å². The van der Waals surface area contributed by atoms with Gasteiger partial charge in [-0.1, -0.05) is 5.16 Å². The van der Waals surface area contributed by atoms with Crippen molar-refractivity contribution in [1.82, 2.24) is 30.6 Å². The molecule has 0 unspecified atom stereocenters. The molecule has 0 atom stereocenters. The first-order valence-corrected chi connectivity index (χ1v) is 5.31. The Kier molecular flexibility index (Phi) is 2.37. The Balaban J connectivity index is 1.59. The molecule has 7 heteroatoms. The van der Waals surface area contributed by atoms with Crippen molar-refractivity contribution in [3.63, 3.8) is 0 Å². The largest absolute Gasteiger partial charge is 0.337 e. The van der Waals surface area contributed by atoms with Crippen LogP contribution in [0.2, 0.25) is 0 Å². The molecule has 1 fully saturated rings. The van der Waals surface area contributed by atoms with Gasteiger partial charge in [-0.25, -0.2) is 4.98 Å². The number of hydrogen-bond donors (Lipinski definition) is 2. The van der Waals surface area contributed by atoms with Crippen LogP contribution in [0.5, 0.6) is 0 Å². The van der Waals surface area contributed by atoms with E-state index in [0.29, 0.717) is 24.1 Å². The Bertz CT molecular complexity index is 446. The van der Waals surface area contributed by atoms with E-state index in [1.807, 2.05) is 0 Å². The van der Waals surface area contributed by atoms with Crippen LogP contribution < -0.4 is 5.32 Å². The molecule has 0 spiro atoms. The van der Waals surface area contributed by atoms with Crippen molar-refractivity contribution in [3.05, 3.63) is 12.2 Å². The number of rotatable bonds is 5. The van der Waals surface area contributed by atoms with E-state index >= 15 is 0 Å². The number of nitrogens with zero attached hydrogens (tertiary/aromatic N) is 4. The van der Waals surface area contributed by atoms with Crippen LogP contribution in [0.25, 0.3) is 11.6 Å². The molecular formula is C9H12N6O. The maximum atomic E-state index is 5.08. The van der Waals surface area contributed by atoms with Crippen LogP contribution in [0.4, 0.5) is 0 Å². The highest BCUT2D eigenvalue weighted by Gasteiger charge is 2.20. The van der Waals surface area contributed by atoms with Crippen LogP contribution in [0.3, 0.4) is 0 Å². The van der Waals surface area contributed by atoms with E-state index in [2.05, 4.69) is 30.6 Å². The molecule has 7 nitrogen and oxygen atoms in total. The van der Waals surface area contributed by atoms with Gasteiger partial charge in [-0.05, 0) is 25.3 Å². The highest BCUT2D eigenvalue weighted by Crippen LogP contribution is 2.27. The zero-order valence-corrected chi connectivity index (χ0v) is 8.68. The number of hydrogen-bond acceptors (Lipinski definition) is 6. The van der Waals surface area contributed by atoms with Gasteiger partial charge in [0.2, 0.25) is 11.7 Å². The minimum atomic E-state index is 0.445. The average molecular weight is 220 g/mol. The molecule has 0 aromatic carbocycles. The van der Waals surface area contributed by atoms with Crippen molar-refractivity contribution in [3.8, 4) is 11.6 Å². The van der Waals surface area contributed by atoms with Gasteiger partial charge in [0, 0.05) is 0 Å². The van der Waals surface area contributed by atoms with Crippen molar-refractivity contribution >= 4 is 0 Å². The zero-order chi connectivity index (χ0) is 10.8. The van der Waals surface area contributed by atoms with Crippen LogP contribution in [0.1, 0.15) is 18.7 Å². The molecule has 3 rings (SSSR count). The summed E-state index contributed by atoms with van der Waals surface area (Å²) in [6, 6.07) is 0. The summed E-state index contributed by atoms with van der Waals surface area (Å²) in [4.78, 5) is 8.14. The molecule has 1 saturated carbocycles. The number of nitrogens with one attached hydrogen (secondary N) is 2. The summed E-state index contributed by atoms with van der Waals surface area (Å²) in [5.41, 5.74) is 0. The van der Waals surface area contributed by atoms with Gasteiger partial charge in [-0.15, -0.1) is 0 Å². The molecule has 2 aromatic heterocycles. The fraction of sp³-hybridized carbons (Fsp3) is 0.556.